The van der Waals surface area contributed by atoms with Crippen LogP contribution in [0, 0.1) is 0 Å². The monoisotopic (exact) mass is 228 g/mol. The Kier molecular flexibility index (Phi) is 5.07. The third-order valence-corrected chi connectivity index (χ3v) is 2.02. The van der Waals surface area contributed by atoms with Gasteiger partial charge in [0.1, 0.15) is 12.2 Å². The fourth-order valence-corrected chi connectivity index (χ4v) is 1.20. The molecule has 0 unspecified atom stereocenters. The number of methoxy groups -OCH3 is 1. The Hall–Kier alpha value is -0.620. The molecule has 84 valence electrons. The first-order chi connectivity index (χ1) is 6.26. The van der Waals surface area contributed by atoms with Gasteiger partial charge in [-0.25, -0.2) is 9.36 Å². The van der Waals surface area contributed by atoms with Crippen LogP contribution in [0.3, 0.4) is 0 Å². The summed E-state index contributed by atoms with van der Waals surface area (Å²) in [6.07, 6.45) is -2.66. The van der Waals surface area contributed by atoms with Crippen LogP contribution in [0.25, 0.3) is 0 Å². The van der Waals surface area contributed by atoms with E-state index in [0.717, 1.165) is 7.11 Å². The van der Waals surface area contributed by atoms with Crippen LogP contribution >= 0.6 is 7.82 Å². The maximum Gasteiger partial charge on any atom is 0.508 e. The summed E-state index contributed by atoms with van der Waals surface area (Å²) in [7, 11) is -3.43. The zero-order chi connectivity index (χ0) is 11.4. The lowest BCUT2D eigenvalue weighted by molar-refractivity contribution is -0.0101. The van der Waals surface area contributed by atoms with Gasteiger partial charge in [0, 0.05) is 0 Å². The minimum atomic E-state index is -4.56. The number of carbonyl (C=O) groups excluding carboxylic acids is 1. The summed E-state index contributed by atoms with van der Waals surface area (Å²) in [5.74, 6) is 0. The zero-order valence-corrected chi connectivity index (χ0v) is 8.93. The van der Waals surface area contributed by atoms with Crippen molar-refractivity contribution in [3.63, 3.8) is 0 Å². The Labute approximate surface area is 81.2 Å². The summed E-state index contributed by atoms with van der Waals surface area (Å²) < 4.78 is 23.4. The van der Waals surface area contributed by atoms with E-state index >= 15 is 0 Å². The van der Waals surface area contributed by atoms with Crippen LogP contribution in [0.4, 0.5) is 4.79 Å². The van der Waals surface area contributed by atoms with E-state index < -0.39 is 26.2 Å². The smallest absolute Gasteiger partial charge is 0.438 e. The lowest BCUT2D eigenvalue weighted by atomic mass is 10.3. The van der Waals surface area contributed by atoms with E-state index in [9.17, 15) is 9.36 Å². The topological polar surface area (TPSA) is 102 Å². The molecule has 2 N–H and O–H groups in total. The molecule has 8 heteroatoms. The number of hydrogen-bond donors (Lipinski definition) is 2. The second-order valence-electron chi connectivity index (χ2n) is 2.58. The Morgan fingerprint density at radius 3 is 2.14 bits per heavy atom. The first-order valence-electron chi connectivity index (χ1n) is 3.75. The molecule has 0 saturated heterocycles. The Bertz CT molecular complexity index is 234. The fraction of sp³-hybridized carbons (Fsp3) is 0.833. The minimum Gasteiger partial charge on any atom is -0.438 e. The van der Waals surface area contributed by atoms with Crippen LogP contribution in [0.1, 0.15) is 13.8 Å². The van der Waals surface area contributed by atoms with Gasteiger partial charge in [0.05, 0.1) is 7.11 Å². The molecular formula is C6H13O7P. The van der Waals surface area contributed by atoms with Gasteiger partial charge >= 0.3 is 14.0 Å². The van der Waals surface area contributed by atoms with Crippen molar-refractivity contribution in [3.05, 3.63) is 0 Å². The number of phosphoric ester groups is 1. The van der Waals surface area contributed by atoms with Crippen molar-refractivity contribution >= 4 is 14.0 Å². The lowest BCUT2D eigenvalue weighted by Crippen LogP contribution is -2.27. The molecule has 14 heavy (non-hydrogen) atoms. The maximum atomic E-state index is 10.6. The number of rotatable bonds is 4. The summed E-state index contributed by atoms with van der Waals surface area (Å²) in [4.78, 5) is 27.5. The third-order valence-electron chi connectivity index (χ3n) is 1.41. The number of carbonyl (C=O) groups is 1. The minimum absolute atomic E-state index is 0.810. The normalized spacial score (nSPS) is 15.8. The SMILES string of the molecule is COC(=O)O[C@@H](C)[C@H](C)OP(=O)(O)O. The van der Waals surface area contributed by atoms with Crippen LogP contribution in [0.5, 0.6) is 0 Å². The van der Waals surface area contributed by atoms with Gasteiger partial charge < -0.3 is 19.3 Å². The molecule has 0 aliphatic rings. The van der Waals surface area contributed by atoms with Gasteiger partial charge in [-0.2, -0.15) is 0 Å². The van der Waals surface area contributed by atoms with Gasteiger partial charge in [-0.3, -0.25) is 4.52 Å². The van der Waals surface area contributed by atoms with E-state index in [1.807, 2.05) is 0 Å². The molecule has 2 atom stereocenters. The van der Waals surface area contributed by atoms with E-state index in [4.69, 9.17) is 9.79 Å². The second-order valence-corrected chi connectivity index (χ2v) is 3.77. The maximum absolute atomic E-state index is 10.6. The second kappa shape index (κ2) is 5.31. The molecule has 0 saturated carbocycles. The van der Waals surface area contributed by atoms with Crippen molar-refractivity contribution in [1.82, 2.24) is 0 Å². The third kappa shape index (κ3) is 5.93. The molecule has 0 fully saturated rings. The first kappa shape index (κ1) is 13.4. The summed E-state index contributed by atoms with van der Waals surface area (Å²) in [6, 6.07) is 0. The first-order valence-corrected chi connectivity index (χ1v) is 5.28. The number of phosphoric acid groups is 1. The molecule has 0 amide bonds. The van der Waals surface area contributed by atoms with Crippen molar-refractivity contribution in [3.8, 4) is 0 Å². The molecule has 0 aromatic carbocycles. The van der Waals surface area contributed by atoms with Crippen LogP contribution in [0.2, 0.25) is 0 Å². The van der Waals surface area contributed by atoms with Crippen molar-refractivity contribution in [1.29, 1.82) is 0 Å². The van der Waals surface area contributed by atoms with E-state index in [-0.39, 0.29) is 0 Å². The predicted molar refractivity (Wildman–Crippen MR) is 45.5 cm³/mol. The fourth-order valence-electron chi connectivity index (χ4n) is 0.598. The highest BCUT2D eigenvalue weighted by Crippen LogP contribution is 2.38. The molecule has 0 radical (unpaired) electrons. The average molecular weight is 228 g/mol. The van der Waals surface area contributed by atoms with E-state index in [0.29, 0.717) is 0 Å². The van der Waals surface area contributed by atoms with Crippen LogP contribution in [-0.2, 0) is 18.6 Å². The molecule has 0 aromatic heterocycles. The van der Waals surface area contributed by atoms with E-state index in [1.165, 1.54) is 13.8 Å². The highest BCUT2D eigenvalue weighted by atomic mass is 31.2. The number of ether oxygens (including phenoxy) is 2. The standard InChI is InChI=1S/C6H13O7P/c1-4(12-6(7)11-3)5(2)13-14(8,9)10/h4-5H,1-3H3,(H2,8,9,10)/t4-,5-/m0/s1. The van der Waals surface area contributed by atoms with Gasteiger partial charge in [-0.1, -0.05) is 0 Å². The van der Waals surface area contributed by atoms with Crippen molar-refractivity contribution in [2.75, 3.05) is 7.11 Å². The van der Waals surface area contributed by atoms with Crippen molar-refractivity contribution < 1.29 is 33.1 Å². The Morgan fingerprint density at radius 2 is 1.79 bits per heavy atom. The highest BCUT2D eigenvalue weighted by Gasteiger charge is 2.25. The molecule has 0 rings (SSSR count). The quantitative estimate of drug-likeness (QED) is 0.538. The van der Waals surface area contributed by atoms with Crippen molar-refractivity contribution in [2.24, 2.45) is 0 Å². The summed E-state index contributed by atoms with van der Waals surface area (Å²) in [5, 5.41) is 0. The van der Waals surface area contributed by atoms with Crippen LogP contribution in [0.15, 0.2) is 0 Å². The summed E-state index contributed by atoms with van der Waals surface area (Å²) >= 11 is 0. The van der Waals surface area contributed by atoms with Gasteiger partial charge in [0.15, 0.2) is 0 Å². The molecule has 7 nitrogen and oxygen atoms in total. The summed E-state index contributed by atoms with van der Waals surface area (Å²) in [6.45, 7) is 2.80. The van der Waals surface area contributed by atoms with Crippen molar-refractivity contribution in [2.45, 2.75) is 26.1 Å². The molecule has 0 heterocycles. The van der Waals surface area contributed by atoms with Gasteiger partial charge in [-0.05, 0) is 13.8 Å². The number of hydrogen-bond acceptors (Lipinski definition) is 5. The predicted octanol–water partition coefficient (Wildman–Crippen LogP) is 0.656. The molecular weight excluding hydrogens is 215 g/mol. The summed E-state index contributed by atoms with van der Waals surface area (Å²) in [5.41, 5.74) is 0. The van der Waals surface area contributed by atoms with Gasteiger partial charge in [-0.15, -0.1) is 0 Å². The van der Waals surface area contributed by atoms with Crippen LogP contribution < -0.4 is 0 Å². The lowest BCUT2D eigenvalue weighted by Gasteiger charge is -2.19. The zero-order valence-electron chi connectivity index (χ0n) is 8.04. The van der Waals surface area contributed by atoms with E-state index in [1.54, 1.807) is 0 Å². The molecule has 0 aliphatic heterocycles. The average Bonchev–Trinajstić information content (AvgIpc) is 2.00. The van der Waals surface area contributed by atoms with Gasteiger partial charge in [0.25, 0.3) is 0 Å². The molecule has 0 aromatic rings. The Balaban J connectivity index is 4.06. The van der Waals surface area contributed by atoms with Gasteiger partial charge in [0.2, 0.25) is 0 Å². The Morgan fingerprint density at radius 1 is 1.29 bits per heavy atom. The molecule has 0 bridgehead atoms. The van der Waals surface area contributed by atoms with E-state index in [2.05, 4.69) is 14.0 Å². The van der Waals surface area contributed by atoms with Crippen LogP contribution in [-0.4, -0.2) is 35.3 Å². The highest BCUT2D eigenvalue weighted by molar-refractivity contribution is 7.46. The molecule has 0 spiro atoms. The largest absolute Gasteiger partial charge is 0.508 e. The molecule has 0 aliphatic carbocycles.